The highest BCUT2D eigenvalue weighted by Gasteiger charge is 2.50. The van der Waals surface area contributed by atoms with E-state index in [1.165, 1.54) is 6.92 Å². The molecule has 1 aliphatic rings. The van der Waals surface area contributed by atoms with E-state index in [9.17, 15) is 9.59 Å². The Morgan fingerprint density at radius 1 is 1.23 bits per heavy atom. The number of benzene rings is 1. The molecule has 5 nitrogen and oxygen atoms in total. The van der Waals surface area contributed by atoms with Gasteiger partial charge in [-0.25, -0.2) is 0 Å². The van der Waals surface area contributed by atoms with Crippen LogP contribution in [-0.4, -0.2) is 34.4 Å². The van der Waals surface area contributed by atoms with Crippen LogP contribution in [0.3, 0.4) is 0 Å². The highest BCUT2D eigenvalue weighted by Crippen LogP contribution is 2.35. The van der Waals surface area contributed by atoms with Crippen LogP contribution in [0, 0.1) is 6.92 Å². The van der Waals surface area contributed by atoms with Gasteiger partial charge in [0.1, 0.15) is 5.75 Å². The van der Waals surface area contributed by atoms with Crippen LogP contribution in [0.15, 0.2) is 18.2 Å². The molecular formula is C17H24N2O3. The summed E-state index contributed by atoms with van der Waals surface area (Å²) >= 11 is 0. The molecule has 0 radical (unpaired) electrons. The standard InChI is InChI=1S/C17H24N2O3/c1-10(2)19(11(3)4)16(21)17(6)15(20)18-13-9-12(5)7-8-14(13)22-17/h7-11H,1-6H3,(H,18,20). The van der Waals surface area contributed by atoms with E-state index in [0.29, 0.717) is 11.4 Å². The Morgan fingerprint density at radius 3 is 2.36 bits per heavy atom. The molecule has 0 spiro atoms. The Bertz CT molecular complexity index is 602. The molecule has 120 valence electrons. The molecular weight excluding hydrogens is 280 g/mol. The first-order chi connectivity index (χ1) is 10.2. The van der Waals surface area contributed by atoms with Crippen LogP contribution in [0.4, 0.5) is 5.69 Å². The summed E-state index contributed by atoms with van der Waals surface area (Å²) in [7, 11) is 0. The lowest BCUT2D eigenvalue weighted by atomic mass is 9.98. The summed E-state index contributed by atoms with van der Waals surface area (Å²) in [6.07, 6.45) is 0. The van der Waals surface area contributed by atoms with Crippen molar-refractivity contribution in [3.05, 3.63) is 23.8 Å². The molecule has 0 bridgehead atoms. The van der Waals surface area contributed by atoms with Crippen LogP contribution in [0.2, 0.25) is 0 Å². The lowest BCUT2D eigenvalue weighted by molar-refractivity contribution is -0.157. The van der Waals surface area contributed by atoms with E-state index in [2.05, 4.69) is 5.32 Å². The van der Waals surface area contributed by atoms with Crippen LogP contribution in [0.1, 0.15) is 40.2 Å². The van der Waals surface area contributed by atoms with Gasteiger partial charge in [0.25, 0.3) is 17.4 Å². The van der Waals surface area contributed by atoms with Gasteiger partial charge >= 0.3 is 0 Å². The van der Waals surface area contributed by atoms with E-state index in [1.54, 1.807) is 11.0 Å². The summed E-state index contributed by atoms with van der Waals surface area (Å²) in [5.41, 5.74) is 0.0797. The second kappa shape index (κ2) is 5.63. The minimum absolute atomic E-state index is 0.0138. The van der Waals surface area contributed by atoms with Crippen molar-refractivity contribution in [3.63, 3.8) is 0 Å². The predicted molar refractivity (Wildman–Crippen MR) is 86.0 cm³/mol. The highest BCUT2D eigenvalue weighted by atomic mass is 16.5. The summed E-state index contributed by atoms with van der Waals surface area (Å²) in [5.74, 6) is -0.225. The Labute approximate surface area is 131 Å². The molecule has 0 aliphatic carbocycles. The van der Waals surface area contributed by atoms with Gasteiger partial charge in [-0.1, -0.05) is 6.07 Å². The Morgan fingerprint density at radius 2 is 1.82 bits per heavy atom. The van der Waals surface area contributed by atoms with Crippen LogP contribution in [0.5, 0.6) is 5.75 Å². The zero-order valence-electron chi connectivity index (χ0n) is 14.1. The third kappa shape index (κ3) is 2.67. The molecule has 22 heavy (non-hydrogen) atoms. The summed E-state index contributed by atoms with van der Waals surface area (Å²) in [6.45, 7) is 11.2. The van der Waals surface area contributed by atoms with Crippen molar-refractivity contribution in [1.29, 1.82) is 0 Å². The van der Waals surface area contributed by atoms with E-state index in [0.717, 1.165) is 5.56 Å². The van der Waals surface area contributed by atoms with E-state index in [-0.39, 0.29) is 18.0 Å². The quantitative estimate of drug-likeness (QED) is 0.874. The molecule has 1 aliphatic heterocycles. The number of amides is 2. The zero-order chi connectivity index (χ0) is 16.7. The van der Waals surface area contributed by atoms with Gasteiger partial charge in [0.2, 0.25) is 0 Å². The maximum Gasteiger partial charge on any atom is 0.278 e. The number of carbonyl (C=O) groups excluding carboxylic acids is 2. The fourth-order valence-electron chi connectivity index (χ4n) is 2.79. The molecule has 1 atom stereocenters. The van der Waals surface area contributed by atoms with E-state index >= 15 is 0 Å². The molecule has 1 aromatic carbocycles. The average molecular weight is 304 g/mol. The van der Waals surface area contributed by atoms with Gasteiger partial charge in [-0.3, -0.25) is 9.59 Å². The predicted octanol–water partition coefficient (Wildman–Crippen LogP) is 2.73. The van der Waals surface area contributed by atoms with Gasteiger partial charge in [0.05, 0.1) is 5.69 Å². The van der Waals surface area contributed by atoms with Gasteiger partial charge in [0.15, 0.2) is 0 Å². The topological polar surface area (TPSA) is 58.6 Å². The third-order valence-corrected chi connectivity index (χ3v) is 3.89. The molecule has 1 heterocycles. The summed E-state index contributed by atoms with van der Waals surface area (Å²) in [4.78, 5) is 27.1. The number of anilines is 1. The first-order valence-corrected chi connectivity index (χ1v) is 7.60. The third-order valence-electron chi connectivity index (χ3n) is 3.89. The lowest BCUT2D eigenvalue weighted by Gasteiger charge is -2.40. The largest absolute Gasteiger partial charge is 0.466 e. The van der Waals surface area contributed by atoms with Gasteiger partial charge in [-0.2, -0.15) is 0 Å². The van der Waals surface area contributed by atoms with E-state index in [1.807, 2.05) is 46.8 Å². The molecule has 2 amide bonds. The first kappa shape index (κ1) is 16.3. The first-order valence-electron chi connectivity index (χ1n) is 7.60. The molecule has 1 unspecified atom stereocenters. The van der Waals surface area contributed by atoms with Crippen molar-refractivity contribution in [2.45, 2.75) is 59.2 Å². The minimum atomic E-state index is -1.54. The van der Waals surface area contributed by atoms with Crippen LogP contribution >= 0.6 is 0 Å². The number of rotatable bonds is 3. The second-order valence-corrected chi connectivity index (χ2v) is 6.49. The number of ether oxygens (including phenoxy) is 1. The number of nitrogens with zero attached hydrogens (tertiary/aromatic N) is 1. The van der Waals surface area contributed by atoms with Crippen molar-refractivity contribution in [3.8, 4) is 5.75 Å². The van der Waals surface area contributed by atoms with Crippen LogP contribution in [0.25, 0.3) is 0 Å². The fraction of sp³-hybridized carbons (Fsp3) is 0.529. The Hall–Kier alpha value is -2.04. The van der Waals surface area contributed by atoms with Crippen molar-refractivity contribution >= 4 is 17.5 Å². The van der Waals surface area contributed by atoms with E-state index in [4.69, 9.17) is 4.74 Å². The maximum absolute atomic E-state index is 12.9. The average Bonchev–Trinajstić information content (AvgIpc) is 2.39. The number of hydrogen-bond acceptors (Lipinski definition) is 3. The number of carbonyl (C=O) groups is 2. The smallest absolute Gasteiger partial charge is 0.278 e. The summed E-state index contributed by atoms with van der Waals surface area (Å²) in [6, 6.07) is 5.48. The molecule has 0 fully saturated rings. The van der Waals surface area contributed by atoms with E-state index < -0.39 is 11.5 Å². The zero-order valence-corrected chi connectivity index (χ0v) is 14.1. The highest BCUT2D eigenvalue weighted by molar-refractivity contribution is 6.15. The molecule has 0 saturated carbocycles. The Balaban J connectivity index is 2.39. The van der Waals surface area contributed by atoms with Crippen molar-refractivity contribution in [2.75, 3.05) is 5.32 Å². The molecule has 0 saturated heterocycles. The summed E-state index contributed by atoms with van der Waals surface area (Å²) < 4.78 is 5.83. The fourth-order valence-corrected chi connectivity index (χ4v) is 2.79. The van der Waals surface area contributed by atoms with Gasteiger partial charge in [-0.15, -0.1) is 0 Å². The molecule has 1 aromatic rings. The van der Waals surface area contributed by atoms with Crippen molar-refractivity contribution in [1.82, 2.24) is 4.90 Å². The summed E-state index contributed by atoms with van der Waals surface area (Å²) in [5, 5.41) is 2.79. The van der Waals surface area contributed by atoms with Gasteiger partial charge in [-0.05, 0) is 59.2 Å². The van der Waals surface area contributed by atoms with Crippen molar-refractivity contribution in [2.24, 2.45) is 0 Å². The second-order valence-electron chi connectivity index (χ2n) is 6.49. The van der Waals surface area contributed by atoms with Gasteiger partial charge in [0, 0.05) is 12.1 Å². The lowest BCUT2D eigenvalue weighted by Crippen LogP contribution is -2.62. The SMILES string of the molecule is Cc1ccc2c(c1)NC(=O)C(C)(C(=O)N(C(C)C)C(C)C)O2. The normalized spacial score (nSPS) is 20.5. The molecule has 1 N–H and O–H groups in total. The van der Waals surface area contributed by atoms with Crippen LogP contribution in [-0.2, 0) is 9.59 Å². The van der Waals surface area contributed by atoms with Crippen molar-refractivity contribution < 1.29 is 14.3 Å². The minimum Gasteiger partial charge on any atom is -0.466 e. The monoisotopic (exact) mass is 304 g/mol. The molecule has 5 heteroatoms. The maximum atomic E-state index is 12.9. The number of nitrogens with one attached hydrogen (secondary N) is 1. The van der Waals surface area contributed by atoms with Crippen LogP contribution < -0.4 is 10.1 Å². The number of fused-ring (bicyclic) bond motifs is 1. The number of hydrogen-bond donors (Lipinski definition) is 1. The number of aryl methyl sites for hydroxylation is 1. The molecule has 0 aromatic heterocycles. The Kier molecular flexibility index (Phi) is 4.18. The molecule has 2 rings (SSSR count). The van der Waals surface area contributed by atoms with Gasteiger partial charge < -0.3 is 15.0 Å².